The van der Waals surface area contributed by atoms with E-state index in [1.807, 2.05) is 0 Å². The Balaban J connectivity index is 4.16. The second kappa shape index (κ2) is 61.8. The normalized spacial score (nSPS) is 13.2. The van der Waals surface area contributed by atoms with Gasteiger partial charge in [-0.15, -0.1) is 0 Å². The molecule has 0 aliphatic rings. The molecule has 0 aromatic carbocycles. The number of hydrogen-bond donors (Lipinski definition) is 0. The maximum atomic E-state index is 12.8. The van der Waals surface area contributed by atoms with Gasteiger partial charge in [0.2, 0.25) is 0 Å². The minimum atomic E-state index is -0.792. The van der Waals surface area contributed by atoms with Crippen LogP contribution in [0.5, 0.6) is 0 Å². The van der Waals surface area contributed by atoms with E-state index in [2.05, 4.69) is 167 Å². The van der Waals surface area contributed by atoms with Crippen molar-refractivity contribution in [3.8, 4) is 0 Å². The van der Waals surface area contributed by atoms with Gasteiger partial charge < -0.3 is 14.2 Å². The third kappa shape index (κ3) is 60.0. The number of rotatable bonds is 53. The van der Waals surface area contributed by atoms with Crippen LogP contribution in [0.15, 0.2) is 146 Å². The molecule has 0 rings (SSSR count). The molecule has 6 nitrogen and oxygen atoms in total. The zero-order chi connectivity index (χ0) is 54.3. The van der Waals surface area contributed by atoms with E-state index >= 15 is 0 Å². The van der Waals surface area contributed by atoms with Crippen molar-refractivity contribution in [3.63, 3.8) is 0 Å². The van der Waals surface area contributed by atoms with Gasteiger partial charge in [0, 0.05) is 19.3 Å². The molecule has 0 aliphatic carbocycles. The molecule has 0 saturated heterocycles. The lowest BCUT2D eigenvalue weighted by Gasteiger charge is -2.18. The maximum Gasteiger partial charge on any atom is 0.306 e. The second-order valence-corrected chi connectivity index (χ2v) is 19.5. The summed E-state index contributed by atoms with van der Waals surface area (Å²) in [5, 5.41) is 0. The van der Waals surface area contributed by atoms with E-state index in [0.29, 0.717) is 19.3 Å². The highest BCUT2D eigenvalue weighted by atomic mass is 16.6. The summed E-state index contributed by atoms with van der Waals surface area (Å²) in [6.07, 6.45) is 88.8. The number of carbonyl (C=O) groups excluding carboxylic acids is 3. The zero-order valence-electron chi connectivity index (χ0n) is 48.3. The van der Waals surface area contributed by atoms with Gasteiger partial charge in [0.1, 0.15) is 13.2 Å². The third-order valence-corrected chi connectivity index (χ3v) is 12.3. The Morgan fingerprint density at radius 3 is 0.813 bits per heavy atom. The molecule has 0 aliphatic heterocycles. The van der Waals surface area contributed by atoms with Gasteiger partial charge in [-0.25, -0.2) is 0 Å². The predicted octanol–water partition coefficient (Wildman–Crippen LogP) is 20.8. The quantitative estimate of drug-likeness (QED) is 0.0261. The predicted molar refractivity (Wildman–Crippen MR) is 325 cm³/mol. The van der Waals surface area contributed by atoms with Crippen LogP contribution in [-0.2, 0) is 28.6 Å². The van der Waals surface area contributed by atoms with E-state index in [4.69, 9.17) is 14.2 Å². The highest BCUT2D eigenvalue weighted by Crippen LogP contribution is 2.14. The fraction of sp³-hybridized carbons (Fsp3) is 0.609. The van der Waals surface area contributed by atoms with Crippen LogP contribution in [0.1, 0.15) is 252 Å². The van der Waals surface area contributed by atoms with Crippen LogP contribution in [0.4, 0.5) is 0 Å². The molecule has 0 aromatic rings. The van der Waals surface area contributed by atoms with Gasteiger partial charge in [-0.3, -0.25) is 14.4 Å². The van der Waals surface area contributed by atoms with E-state index in [1.54, 1.807) is 0 Å². The Bertz CT molecular complexity index is 1660. The van der Waals surface area contributed by atoms with Gasteiger partial charge in [0.15, 0.2) is 6.10 Å². The highest BCUT2D eigenvalue weighted by Gasteiger charge is 2.19. The van der Waals surface area contributed by atoms with Crippen molar-refractivity contribution in [2.45, 2.75) is 258 Å². The summed E-state index contributed by atoms with van der Waals surface area (Å²) in [7, 11) is 0. The van der Waals surface area contributed by atoms with E-state index < -0.39 is 6.10 Å². The Morgan fingerprint density at radius 2 is 0.520 bits per heavy atom. The number of hydrogen-bond acceptors (Lipinski definition) is 6. The number of carbonyl (C=O) groups is 3. The molecule has 0 radical (unpaired) electrons. The summed E-state index contributed by atoms with van der Waals surface area (Å²) < 4.78 is 16.7. The molecule has 0 fully saturated rings. The summed E-state index contributed by atoms with van der Waals surface area (Å²) >= 11 is 0. The average Bonchev–Trinajstić information content (AvgIpc) is 3.41. The van der Waals surface area contributed by atoms with Gasteiger partial charge in [-0.05, 0) is 122 Å². The van der Waals surface area contributed by atoms with Crippen molar-refractivity contribution in [1.82, 2.24) is 0 Å². The molecule has 0 saturated carbocycles. The first-order chi connectivity index (χ1) is 37.0. The number of ether oxygens (including phenoxy) is 3. The van der Waals surface area contributed by atoms with Crippen molar-refractivity contribution >= 4 is 17.9 Å². The first kappa shape index (κ1) is 70.3. The van der Waals surface area contributed by atoms with Crippen LogP contribution in [0.2, 0.25) is 0 Å². The minimum Gasteiger partial charge on any atom is -0.462 e. The molecular formula is C69H110O6. The molecule has 0 bridgehead atoms. The van der Waals surface area contributed by atoms with Crippen LogP contribution >= 0.6 is 0 Å². The summed E-state index contributed by atoms with van der Waals surface area (Å²) in [6.45, 7) is 6.30. The summed E-state index contributed by atoms with van der Waals surface area (Å²) in [5.41, 5.74) is 0. The number of esters is 3. The number of unbranched alkanes of at least 4 members (excludes halogenated alkanes) is 18. The first-order valence-electron chi connectivity index (χ1n) is 30.3. The second-order valence-electron chi connectivity index (χ2n) is 19.5. The fourth-order valence-electron chi connectivity index (χ4n) is 7.86. The third-order valence-electron chi connectivity index (χ3n) is 12.3. The minimum absolute atomic E-state index is 0.0916. The zero-order valence-corrected chi connectivity index (χ0v) is 48.3. The molecule has 6 heteroatoms. The molecule has 0 N–H and O–H groups in total. The SMILES string of the molecule is CC/C=C\C/C=C\C/C=C\C/C=C\C/C=C\C/C=C\C/C=C\CCCCCCCCCC(=O)OCC(COC(=O)CCCCCCC)OC(=O)CCCCCCCCC/C=C\C/C=C\C/C=C\C/C=C\C/C=C\CC. The molecule has 1 unspecified atom stereocenters. The molecule has 0 heterocycles. The van der Waals surface area contributed by atoms with E-state index in [9.17, 15) is 14.4 Å². The van der Waals surface area contributed by atoms with E-state index in [1.165, 1.54) is 51.4 Å². The van der Waals surface area contributed by atoms with Crippen molar-refractivity contribution in [3.05, 3.63) is 146 Å². The lowest BCUT2D eigenvalue weighted by Crippen LogP contribution is -2.30. The Morgan fingerprint density at radius 1 is 0.280 bits per heavy atom. The van der Waals surface area contributed by atoms with Crippen LogP contribution in [-0.4, -0.2) is 37.2 Å². The monoisotopic (exact) mass is 1030 g/mol. The van der Waals surface area contributed by atoms with E-state index in [0.717, 1.165) is 161 Å². The van der Waals surface area contributed by atoms with Crippen molar-refractivity contribution < 1.29 is 28.6 Å². The fourth-order valence-corrected chi connectivity index (χ4v) is 7.86. The van der Waals surface area contributed by atoms with Gasteiger partial charge in [0.05, 0.1) is 0 Å². The molecule has 422 valence electrons. The van der Waals surface area contributed by atoms with Crippen molar-refractivity contribution in [2.24, 2.45) is 0 Å². The summed E-state index contributed by atoms with van der Waals surface area (Å²) in [4.78, 5) is 37.9. The summed E-state index contributed by atoms with van der Waals surface area (Å²) in [6, 6.07) is 0. The maximum absolute atomic E-state index is 12.8. The topological polar surface area (TPSA) is 78.9 Å². The largest absolute Gasteiger partial charge is 0.462 e. The molecular weight excluding hydrogens is 925 g/mol. The highest BCUT2D eigenvalue weighted by molar-refractivity contribution is 5.71. The van der Waals surface area contributed by atoms with Crippen LogP contribution in [0.3, 0.4) is 0 Å². The van der Waals surface area contributed by atoms with Gasteiger partial charge in [-0.2, -0.15) is 0 Å². The molecule has 0 spiro atoms. The van der Waals surface area contributed by atoms with Crippen molar-refractivity contribution in [2.75, 3.05) is 13.2 Å². The molecule has 0 aromatic heterocycles. The van der Waals surface area contributed by atoms with Gasteiger partial charge in [-0.1, -0.05) is 256 Å². The van der Waals surface area contributed by atoms with Crippen LogP contribution in [0, 0.1) is 0 Å². The standard InChI is InChI=1S/C69H110O6/c1-4-7-10-13-15-17-19-21-23-25-27-29-31-32-33-34-35-36-38-39-41-43-45-47-49-51-53-56-59-62-68(71)74-65-66(64-73-67(70)61-58-55-12-9-6-3)75-69(72)63-60-57-54-52-50-48-46-44-42-40-37-30-28-26-24-22-20-18-16-14-11-8-5-2/h7-8,10-11,15-18,21-24,27-30,32-33,35-36,39-42,66H,4-6,9,12-14,19-20,25-26,31,34,37-38,43-65H2,1-3H3/b10-7-,11-8-,17-15-,18-16-,23-21-,24-22-,29-27-,30-28-,33-32-,36-35-,41-39-,42-40-. The van der Waals surface area contributed by atoms with Crippen molar-refractivity contribution in [1.29, 1.82) is 0 Å². The Kier molecular flexibility index (Phi) is 58.0. The Labute approximate surface area is 461 Å². The van der Waals surface area contributed by atoms with Gasteiger partial charge in [0.25, 0.3) is 0 Å². The molecule has 0 amide bonds. The van der Waals surface area contributed by atoms with Crippen LogP contribution < -0.4 is 0 Å². The van der Waals surface area contributed by atoms with Gasteiger partial charge >= 0.3 is 17.9 Å². The van der Waals surface area contributed by atoms with Crippen LogP contribution in [0.25, 0.3) is 0 Å². The lowest BCUT2D eigenvalue weighted by atomic mass is 10.1. The Hall–Kier alpha value is -4.71. The first-order valence-corrected chi connectivity index (χ1v) is 30.3. The number of allylic oxidation sites excluding steroid dienone is 24. The lowest BCUT2D eigenvalue weighted by molar-refractivity contribution is -0.167. The van der Waals surface area contributed by atoms with E-state index in [-0.39, 0.29) is 31.1 Å². The average molecular weight is 1040 g/mol. The smallest absolute Gasteiger partial charge is 0.306 e. The summed E-state index contributed by atoms with van der Waals surface area (Å²) in [5.74, 6) is -0.933. The molecule has 1 atom stereocenters. The molecule has 75 heavy (non-hydrogen) atoms.